The summed E-state index contributed by atoms with van der Waals surface area (Å²) in [5, 5.41) is 4.15. The van der Waals surface area contributed by atoms with E-state index in [0.29, 0.717) is 11.7 Å². The summed E-state index contributed by atoms with van der Waals surface area (Å²) in [7, 11) is 0. The SMILES string of the molecule is S=C1N[C@H](c2ccccn2)[C@@H](c2ccc(Cl)s2)N1Cc1cccnc1. The number of rotatable bonds is 4. The van der Waals surface area contributed by atoms with E-state index in [2.05, 4.69) is 32.3 Å². The molecular weight excluding hydrogens is 372 g/mol. The molecule has 7 heteroatoms. The van der Waals surface area contributed by atoms with Crippen LogP contribution < -0.4 is 5.32 Å². The van der Waals surface area contributed by atoms with Gasteiger partial charge >= 0.3 is 0 Å². The Morgan fingerprint density at radius 3 is 2.76 bits per heavy atom. The molecule has 3 aromatic heterocycles. The summed E-state index contributed by atoms with van der Waals surface area (Å²) in [6, 6.07) is 14.0. The van der Waals surface area contributed by atoms with Gasteiger partial charge in [-0.15, -0.1) is 11.3 Å². The summed E-state index contributed by atoms with van der Waals surface area (Å²) in [5.41, 5.74) is 2.08. The van der Waals surface area contributed by atoms with Crippen molar-refractivity contribution in [3.63, 3.8) is 0 Å². The van der Waals surface area contributed by atoms with E-state index in [1.165, 1.54) is 0 Å². The average molecular weight is 387 g/mol. The molecule has 1 aliphatic rings. The zero-order chi connectivity index (χ0) is 17.2. The Morgan fingerprint density at radius 1 is 1.16 bits per heavy atom. The molecule has 1 aliphatic heterocycles. The molecule has 1 fully saturated rings. The number of nitrogens with one attached hydrogen (secondary N) is 1. The Morgan fingerprint density at radius 2 is 2.08 bits per heavy atom. The van der Waals surface area contributed by atoms with Gasteiger partial charge in [0, 0.05) is 30.0 Å². The fourth-order valence-electron chi connectivity index (χ4n) is 3.06. The normalized spacial score (nSPS) is 19.9. The van der Waals surface area contributed by atoms with E-state index in [1.54, 1.807) is 17.5 Å². The van der Waals surface area contributed by atoms with Crippen LogP contribution in [0.15, 0.2) is 61.1 Å². The molecule has 0 aliphatic carbocycles. The molecule has 0 spiro atoms. The highest BCUT2D eigenvalue weighted by molar-refractivity contribution is 7.80. The number of thiocarbonyl (C=S) groups is 1. The fourth-order valence-corrected chi connectivity index (χ4v) is 4.58. The number of pyridine rings is 2. The second-order valence-electron chi connectivity index (χ2n) is 5.76. The lowest BCUT2D eigenvalue weighted by Crippen LogP contribution is -2.28. The van der Waals surface area contributed by atoms with Gasteiger partial charge in [0.2, 0.25) is 0 Å². The molecule has 0 aromatic carbocycles. The molecule has 3 aromatic rings. The van der Waals surface area contributed by atoms with Crippen LogP contribution in [-0.2, 0) is 6.54 Å². The summed E-state index contributed by atoms with van der Waals surface area (Å²) >= 11 is 13.4. The van der Waals surface area contributed by atoms with Crippen molar-refractivity contribution in [3.05, 3.63) is 81.5 Å². The van der Waals surface area contributed by atoms with E-state index in [0.717, 1.165) is 20.5 Å². The first-order chi connectivity index (χ1) is 12.2. The Hall–Kier alpha value is -2.02. The van der Waals surface area contributed by atoms with Crippen LogP contribution in [-0.4, -0.2) is 20.0 Å². The molecule has 0 amide bonds. The molecule has 4 nitrogen and oxygen atoms in total. The van der Waals surface area contributed by atoms with Crippen molar-refractivity contribution in [3.8, 4) is 0 Å². The number of halogens is 1. The van der Waals surface area contributed by atoms with Crippen LogP contribution >= 0.6 is 35.2 Å². The van der Waals surface area contributed by atoms with Crippen molar-refractivity contribution in [2.75, 3.05) is 0 Å². The average Bonchev–Trinajstić information content (AvgIpc) is 3.20. The molecule has 1 saturated heterocycles. The maximum atomic E-state index is 6.20. The number of hydrogen-bond donors (Lipinski definition) is 1. The molecule has 0 radical (unpaired) electrons. The smallest absolute Gasteiger partial charge is 0.170 e. The second-order valence-corrected chi connectivity index (χ2v) is 7.89. The van der Waals surface area contributed by atoms with Crippen LogP contribution in [0.2, 0.25) is 4.34 Å². The summed E-state index contributed by atoms with van der Waals surface area (Å²) < 4.78 is 0.772. The van der Waals surface area contributed by atoms with Gasteiger partial charge in [-0.1, -0.05) is 23.7 Å². The second kappa shape index (κ2) is 7.07. The molecule has 0 saturated carbocycles. The van der Waals surface area contributed by atoms with Gasteiger partial charge in [-0.25, -0.2) is 0 Å². The van der Waals surface area contributed by atoms with E-state index >= 15 is 0 Å². The van der Waals surface area contributed by atoms with E-state index in [4.69, 9.17) is 23.8 Å². The third-order valence-corrected chi connectivity index (χ3v) is 5.81. The van der Waals surface area contributed by atoms with Crippen molar-refractivity contribution in [2.45, 2.75) is 18.6 Å². The van der Waals surface area contributed by atoms with Gasteiger partial charge in [0.25, 0.3) is 0 Å². The highest BCUT2D eigenvalue weighted by Crippen LogP contribution is 2.42. The predicted molar refractivity (Wildman–Crippen MR) is 105 cm³/mol. The Balaban J connectivity index is 1.72. The van der Waals surface area contributed by atoms with Crippen molar-refractivity contribution in [1.82, 2.24) is 20.2 Å². The topological polar surface area (TPSA) is 41.1 Å². The first kappa shape index (κ1) is 16.4. The molecule has 4 heterocycles. The van der Waals surface area contributed by atoms with Gasteiger partial charge in [-0.3, -0.25) is 9.97 Å². The van der Waals surface area contributed by atoms with Gasteiger partial charge in [0.05, 0.1) is 22.1 Å². The first-order valence-corrected chi connectivity index (χ1v) is 9.45. The summed E-state index contributed by atoms with van der Waals surface area (Å²) in [6.07, 6.45) is 5.45. The molecule has 0 bridgehead atoms. The minimum absolute atomic E-state index is 0.0138. The van der Waals surface area contributed by atoms with E-state index in [-0.39, 0.29) is 12.1 Å². The van der Waals surface area contributed by atoms with Gasteiger partial charge in [-0.05, 0) is 48.1 Å². The predicted octanol–water partition coefficient (Wildman–Crippen LogP) is 4.36. The van der Waals surface area contributed by atoms with Crippen molar-refractivity contribution in [1.29, 1.82) is 0 Å². The lowest BCUT2D eigenvalue weighted by Gasteiger charge is -2.26. The fraction of sp³-hybridized carbons (Fsp3) is 0.167. The van der Waals surface area contributed by atoms with Crippen LogP contribution in [0.3, 0.4) is 0 Å². The van der Waals surface area contributed by atoms with Crippen molar-refractivity contribution in [2.24, 2.45) is 0 Å². The summed E-state index contributed by atoms with van der Waals surface area (Å²) in [4.78, 5) is 12.1. The van der Waals surface area contributed by atoms with Gasteiger partial charge in [-0.2, -0.15) is 0 Å². The number of thiophene rings is 1. The number of hydrogen-bond acceptors (Lipinski definition) is 4. The minimum atomic E-state index is -0.0138. The van der Waals surface area contributed by atoms with Crippen molar-refractivity contribution < 1.29 is 0 Å². The largest absolute Gasteiger partial charge is 0.352 e. The van der Waals surface area contributed by atoms with Crippen LogP contribution in [0.1, 0.15) is 28.2 Å². The Bertz CT molecular complexity index is 869. The first-order valence-electron chi connectivity index (χ1n) is 7.84. The molecule has 2 atom stereocenters. The number of aromatic nitrogens is 2. The van der Waals surface area contributed by atoms with Gasteiger partial charge in [0.15, 0.2) is 5.11 Å². The lowest BCUT2D eigenvalue weighted by molar-refractivity contribution is 0.315. The summed E-state index contributed by atoms with van der Waals surface area (Å²) in [5.74, 6) is 0. The molecule has 0 unspecified atom stereocenters. The van der Waals surface area contributed by atoms with Crippen molar-refractivity contribution >= 4 is 40.3 Å². The third kappa shape index (κ3) is 3.38. The highest BCUT2D eigenvalue weighted by atomic mass is 35.5. The molecule has 126 valence electrons. The minimum Gasteiger partial charge on any atom is -0.352 e. The Labute approximate surface area is 160 Å². The van der Waals surface area contributed by atoms with Crippen LogP contribution in [0.25, 0.3) is 0 Å². The Kier molecular flexibility index (Phi) is 4.65. The van der Waals surface area contributed by atoms with Crippen LogP contribution in [0.5, 0.6) is 0 Å². The molecule has 25 heavy (non-hydrogen) atoms. The maximum Gasteiger partial charge on any atom is 0.170 e. The molecule has 1 N–H and O–H groups in total. The monoisotopic (exact) mass is 386 g/mol. The van der Waals surface area contributed by atoms with Gasteiger partial charge < -0.3 is 10.2 Å². The van der Waals surface area contributed by atoms with E-state index in [1.807, 2.05) is 42.7 Å². The zero-order valence-corrected chi connectivity index (χ0v) is 15.6. The number of nitrogens with zero attached hydrogens (tertiary/aromatic N) is 3. The highest BCUT2D eigenvalue weighted by Gasteiger charge is 2.40. The van der Waals surface area contributed by atoms with Crippen LogP contribution in [0, 0.1) is 0 Å². The zero-order valence-electron chi connectivity index (χ0n) is 13.2. The van der Waals surface area contributed by atoms with Crippen LogP contribution in [0.4, 0.5) is 0 Å². The molecular formula is C18H15ClN4S2. The lowest BCUT2D eigenvalue weighted by atomic mass is 10.0. The van der Waals surface area contributed by atoms with E-state index in [9.17, 15) is 0 Å². The summed E-state index contributed by atoms with van der Waals surface area (Å²) in [6.45, 7) is 0.684. The van der Waals surface area contributed by atoms with E-state index < -0.39 is 0 Å². The van der Waals surface area contributed by atoms with Gasteiger partial charge in [0.1, 0.15) is 0 Å². The standard InChI is InChI=1S/C18H15ClN4S2/c19-15-7-6-14(25-15)17-16(13-5-1-2-9-21-13)22-18(24)23(17)11-12-4-3-8-20-10-12/h1-10,16-17H,11H2,(H,22,24)/t16-,17-/m1/s1. The third-order valence-electron chi connectivity index (χ3n) is 4.16. The quantitative estimate of drug-likeness (QED) is 0.674. The maximum absolute atomic E-state index is 6.20. The molecule has 4 rings (SSSR count).